The third kappa shape index (κ3) is 7.93. The lowest BCUT2D eigenvalue weighted by Crippen LogP contribution is -2.21. The van der Waals surface area contributed by atoms with Gasteiger partial charge in [-0.15, -0.1) is 0 Å². The van der Waals surface area contributed by atoms with Crippen molar-refractivity contribution < 1.29 is 32.6 Å². The Balaban J connectivity index is 1.19. The first kappa shape index (κ1) is 31.9. The molecule has 2 N–H and O–H groups in total. The predicted octanol–water partition coefficient (Wildman–Crippen LogP) is 7.07. The number of anilines is 2. The van der Waals surface area contributed by atoms with E-state index in [0.29, 0.717) is 29.2 Å². The third-order valence-electron chi connectivity index (χ3n) is 7.21. The van der Waals surface area contributed by atoms with Crippen molar-refractivity contribution in [2.24, 2.45) is 0 Å². The molecule has 0 radical (unpaired) electrons. The molecule has 236 valence electrons. The fraction of sp³-hybridized carbons (Fsp3) is 0.171. The fourth-order valence-corrected chi connectivity index (χ4v) is 4.83. The summed E-state index contributed by atoms with van der Waals surface area (Å²) in [6, 6.07) is 23.3. The van der Waals surface area contributed by atoms with Gasteiger partial charge in [-0.05, 0) is 67.1 Å². The van der Waals surface area contributed by atoms with Gasteiger partial charge in [-0.3, -0.25) is 15.1 Å². The zero-order valence-corrected chi connectivity index (χ0v) is 25.5. The first-order chi connectivity index (χ1) is 22.2. The fourth-order valence-electron chi connectivity index (χ4n) is 4.83. The first-order valence-electron chi connectivity index (χ1n) is 14.3. The molecule has 2 amide bonds. The summed E-state index contributed by atoms with van der Waals surface area (Å²) in [6.45, 7) is 1.49. The second kappa shape index (κ2) is 14.5. The van der Waals surface area contributed by atoms with Crippen LogP contribution in [0.3, 0.4) is 0 Å². The van der Waals surface area contributed by atoms with Crippen LogP contribution in [-0.4, -0.2) is 49.7 Å². The number of fused-ring (bicyclic) bond motifs is 1. The van der Waals surface area contributed by atoms with Gasteiger partial charge < -0.3 is 24.4 Å². The highest BCUT2D eigenvalue weighted by atomic mass is 19.2. The van der Waals surface area contributed by atoms with E-state index in [-0.39, 0.29) is 17.0 Å². The van der Waals surface area contributed by atoms with Crippen LogP contribution in [0.2, 0.25) is 0 Å². The Labute approximate surface area is 264 Å². The molecule has 0 aliphatic carbocycles. The lowest BCUT2D eigenvalue weighted by Gasteiger charge is -2.18. The van der Waals surface area contributed by atoms with Crippen molar-refractivity contribution >= 4 is 34.3 Å². The number of carbonyl (C=O) groups is 2. The SMILES string of the molecule is COc1ccc(CN(C)CCc2ccc(NC(=O)c3cc(F)c(F)cc3NC(=O)Oc3cnc4ccccc4c3)cc2)cc1OC. The number of methoxy groups -OCH3 is 2. The van der Waals surface area contributed by atoms with E-state index in [1.165, 1.54) is 6.20 Å². The van der Waals surface area contributed by atoms with E-state index in [4.69, 9.17) is 14.2 Å². The molecule has 46 heavy (non-hydrogen) atoms. The number of benzene rings is 4. The molecule has 0 aliphatic heterocycles. The van der Waals surface area contributed by atoms with Crippen LogP contribution in [0.1, 0.15) is 21.5 Å². The summed E-state index contributed by atoms with van der Waals surface area (Å²) in [5.74, 6) is -1.73. The lowest BCUT2D eigenvalue weighted by molar-refractivity contribution is 0.102. The topological polar surface area (TPSA) is 102 Å². The second-order valence-electron chi connectivity index (χ2n) is 10.5. The highest BCUT2D eigenvalue weighted by molar-refractivity contribution is 6.09. The Kier molecular flexibility index (Phi) is 10.0. The molecule has 5 aromatic rings. The van der Waals surface area contributed by atoms with Crippen molar-refractivity contribution in [1.82, 2.24) is 9.88 Å². The maximum atomic E-state index is 14.2. The Bertz CT molecular complexity index is 1870. The van der Waals surface area contributed by atoms with Gasteiger partial charge in [0, 0.05) is 30.2 Å². The number of pyridine rings is 1. The van der Waals surface area contributed by atoms with Crippen LogP contribution in [0.5, 0.6) is 17.2 Å². The van der Waals surface area contributed by atoms with Gasteiger partial charge in [-0.1, -0.05) is 36.4 Å². The van der Waals surface area contributed by atoms with E-state index in [9.17, 15) is 18.4 Å². The molecule has 4 aromatic carbocycles. The Morgan fingerprint density at radius 1 is 0.826 bits per heavy atom. The average Bonchev–Trinajstić information content (AvgIpc) is 3.05. The number of rotatable bonds is 11. The number of carbonyl (C=O) groups excluding carboxylic acids is 2. The molecule has 9 nitrogen and oxygen atoms in total. The van der Waals surface area contributed by atoms with Crippen LogP contribution in [0, 0.1) is 11.6 Å². The Hall–Kier alpha value is -5.55. The molecule has 1 heterocycles. The van der Waals surface area contributed by atoms with E-state index in [2.05, 4.69) is 20.5 Å². The van der Waals surface area contributed by atoms with Crippen molar-refractivity contribution in [3.8, 4) is 17.2 Å². The summed E-state index contributed by atoms with van der Waals surface area (Å²) in [7, 11) is 5.23. The van der Waals surface area contributed by atoms with Gasteiger partial charge in [-0.25, -0.2) is 13.6 Å². The molecule has 0 spiro atoms. The predicted molar refractivity (Wildman–Crippen MR) is 172 cm³/mol. The highest BCUT2D eigenvalue weighted by Gasteiger charge is 2.19. The van der Waals surface area contributed by atoms with Crippen molar-refractivity contribution in [3.05, 3.63) is 119 Å². The quantitative estimate of drug-likeness (QED) is 0.162. The molecular formula is C35H32F2N4O5. The van der Waals surface area contributed by atoms with Crippen LogP contribution in [0.15, 0.2) is 91.1 Å². The van der Waals surface area contributed by atoms with Crippen LogP contribution in [-0.2, 0) is 13.0 Å². The molecule has 0 aliphatic rings. The van der Waals surface area contributed by atoms with Crippen molar-refractivity contribution in [2.45, 2.75) is 13.0 Å². The van der Waals surface area contributed by atoms with E-state index >= 15 is 0 Å². The summed E-state index contributed by atoms with van der Waals surface area (Å²) < 4.78 is 44.3. The molecule has 11 heteroatoms. The maximum Gasteiger partial charge on any atom is 0.417 e. The number of halogens is 2. The molecule has 0 bridgehead atoms. The number of hydrogen-bond acceptors (Lipinski definition) is 7. The van der Waals surface area contributed by atoms with Crippen LogP contribution >= 0.6 is 0 Å². The van der Waals surface area contributed by atoms with Gasteiger partial charge in [0.25, 0.3) is 5.91 Å². The van der Waals surface area contributed by atoms with Crippen molar-refractivity contribution in [2.75, 3.05) is 38.4 Å². The molecule has 0 fully saturated rings. The van der Waals surface area contributed by atoms with Crippen molar-refractivity contribution in [3.63, 3.8) is 0 Å². The minimum atomic E-state index is -1.24. The van der Waals surface area contributed by atoms with Gasteiger partial charge in [0.05, 0.1) is 37.2 Å². The Morgan fingerprint density at radius 3 is 2.30 bits per heavy atom. The van der Waals surface area contributed by atoms with Gasteiger partial charge in [-0.2, -0.15) is 0 Å². The molecule has 5 rings (SSSR count). The molecule has 0 atom stereocenters. The van der Waals surface area contributed by atoms with E-state index in [1.807, 2.05) is 49.5 Å². The van der Waals surface area contributed by atoms with Gasteiger partial charge in [0.15, 0.2) is 28.9 Å². The summed E-state index contributed by atoms with van der Waals surface area (Å²) in [5.41, 5.74) is 2.73. The van der Waals surface area contributed by atoms with E-state index < -0.39 is 23.6 Å². The second-order valence-corrected chi connectivity index (χ2v) is 10.5. The number of likely N-dealkylation sites (N-methyl/N-ethyl adjacent to an activating group) is 1. The van der Waals surface area contributed by atoms with Crippen LogP contribution < -0.4 is 24.8 Å². The van der Waals surface area contributed by atoms with Crippen LogP contribution in [0.25, 0.3) is 10.9 Å². The largest absolute Gasteiger partial charge is 0.493 e. The van der Waals surface area contributed by atoms with E-state index in [1.54, 1.807) is 44.6 Å². The number of hydrogen-bond donors (Lipinski definition) is 2. The number of para-hydroxylation sites is 1. The lowest BCUT2D eigenvalue weighted by atomic mass is 10.1. The minimum Gasteiger partial charge on any atom is -0.493 e. The monoisotopic (exact) mass is 626 g/mol. The summed E-state index contributed by atoms with van der Waals surface area (Å²) in [5, 5.41) is 5.75. The minimum absolute atomic E-state index is 0.136. The summed E-state index contributed by atoms with van der Waals surface area (Å²) in [6.07, 6.45) is 1.11. The molecule has 0 saturated heterocycles. The third-order valence-corrected chi connectivity index (χ3v) is 7.21. The molecule has 0 unspecified atom stereocenters. The Morgan fingerprint density at radius 2 is 1.54 bits per heavy atom. The number of aromatic nitrogens is 1. The van der Waals surface area contributed by atoms with Gasteiger partial charge in [0.1, 0.15) is 0 Å². The summed E-state index contributed by atoms with van der Waals surface area (Å²) >= 11 is 0. The highest BCUT2D eigenvalue weighted by Crippen LogP contribution is 2.28. The van der Waals surface area contributed by atoms with Gasteiger partial charge >= 0.3 is 6.09 Å². The zero-order valence-electron chi connectivity index (χ0n) is 25.5. The maximum absolute atomic E-state index is 14.2. The normalized spacial score (nSPS) is 10.9. The summed E-state index contributed by atoms with van der Waals surface area (Å²) in [4.78, 5) is 32.1. The van der Waals surface area contributed by atoms with E-state index in [0.717, 1.165) is 41.6 Å². The zero-order chi connectivity index (χ0) is 32.6. The van der Waals surface area contributed by atoms with Crippen LogP contribution in [0.4, 0.5) is 25.0 Å². The number of ether oxygens (including phenoxy) is 3. The van der Waals surface area contributed by atoms with Gasteiger partial charge in [0.2, 0.25) is 0 Å². The number of nitrogens with zero attached hydrogens (tertiary/aromatic N) is 2. The first-order valence-corrected chi connectivity index (χ1v) is 14.3. The molecule has 1 aromatic heterocycles. The number of nitrogens with one attached hydrogen (secondary N) is 2. The number of amides is 2. The smallest absolute Gasteiger partial charge is 0.417 e. The molecular weight excluding hydrogens is 594 g/mol. The molecule has 0 saturated carbocycles. The van der Waals surface area contributed by atoms with Crippen molar-refractivity contribution in [1.29, 1.82) is 0 Å². The average molecular weight is 627 g/mol. The standard InChI is InChI=1S/C35H32F2N4O5/c1-41(21-23-10-13-32(44-2)33(16-23)45-3)15-14-22-8-11-25(12-9-22)39-34(42)27-18-28(36)29(37)19-31(27)40-35(43)46-26-17-24-6-4-5-7-30(24)38-20-26/h4-13,16-20H,14-15,21H2,1-3H3,(H,39,42)(H,40,43).